The minimum atomic E-state index is -0.661. The Hall–Kier alpha value is -4.31. The van der Waals surface area contributed by atoms with E-state index in [4.69, 9.17) is 4.74 Å². The summed E-state index contributed by atoms with van der Waals surface area (Å²) in [5.74, 6) is -1.76. The van der Waals surface area contributed by atoms with Crippen LogP contribution in [0, 0.1) is 26.7 Å². The predicted octanol–water partition coefficient (Wildman–Crippen LogP) is 4.54. The van der Waals surface area contributed by atoms with Crippen molar-refractivity contribution in [3.05, 3.63) is 80.6 Å². The van der Waals surface area contributed by atoms with Gasteiger partial charge in [0.15, 0.2) is 5.69 Å². The number of benzene rings is 2. The van der Waals surface area contributed by atoms with E-state index in [1.807, 2.05) is 57.2 Å². The first-order valence-electron chi connectivity index (χ1n) is 12.6. The van der Waals surface area contributed by atoms with Gasteiger partial charge in [0.2, 0.25) is 11.8 Å². The van der Waals surface area contributed by atoms with Crippen LogP contribution in [-0.4, -0.2) is 40.7 Å². The lowest BCUT2D eigenvalue weighted by molar-refractivity contribution is -0.122. The molecule has 1 aliphatic rings. The Morgan fingerprint density at radius 1 is 1.05 bits per heavy atom. The number of nitrogens with zero attached hydrogens (tertiary/aromatic N) is 3. The molecular weight excluding hydrogens is 516 g/mol. The van der Waals surface area contributed by atoms with Gasteiger partial charge in [-0.25, -0.2) is 4.79 Å². The normalized spacial score (nSPS) is 15.1. The Kier molecular flexibility index (Phi) is 7.05. The van der Waals surface area contributed by atoms with Crippen molar-refractivity contribution in [1.29, 1.82) is 0 Å². The van der Waals surface area contributed by atoms with Gasteiger partial charge in [-0.15, -0.1) is 11.3 Å². The molecule has 0 radical (unpaired) electrons. The van der Waals surface area contributed by atoms with Crippen molar-refractivity contribution in [1.82, 2.24) is 9.78 Å². The third-order valence-corrected chi connectivity index (χ3v) is 7.83. The molecule has 2 amide bonds. The first kappa shape index (κ1) is 26.3. The van der Waals surface area contributed by atoms with Crippen molar-refractivity contribution >= 4 is 50.6 Å². The standard InChI is InChI=1S/C29H28N4O5S/c1-5-38-29(37)25-22-15-39-27(24(22)28(36)33(31-25)21-11-8-17(3)18(4)12-21)30-26(35)19-13-23(34)32(14-19)20-9-6-16(2)7-10-20/h6-12,15,19H,5,13-14H2,1-4H3,(H,30,35). The molecule has 1 saturated heterocycles. The molecule has 0 aliphatic carbocycles. The maximum Gasteiger partial charge on any atom is 0.359 e. The van der Waals surface area contributed by atoms with Gasteiger partial charge in [-0.1, -0.05) is 23.8 Å². The van der Waals surface area contributed by atoms with E-state index in [0.717, 1.165) is 33.7 Å². The molecule has 0 saturated carbocycles. The van der Waals surface area contributed by atoms with Crippen molar-refractivity contribution < 1.29 is 19.1 Å². The molecular formula is C29H28N4O5S. The summed E-state index contributed by atoms with van der Waals surface area (Å²) < 4.78 is 6.38. The van der Waals surface area contributed by atoms with E-state index in [2.05, 4.69) is 10.4 Å². The summed E-state index contributed by atoms with van der Waals surface area (Å²) in [6.07, 6.45) is 0.0610. The number of amides is 2. The summed E-state index contributed by atoms with van der Waals surface area (Å²) in [4.78, 5) is 54.1. The first-order chi connectivity index (χ1) is 18.7. The third-order valence-electron chi connectivity index (χ3n) is 6.93. The van der Waals surface area contributed by atoms with Crippen LogP contribution in [0.1, 0.15) is 40.5 Å². The molecule has 3 heterocycles. The second kappa shape index (κ2) is 10.5. The molecule has 0 spiro atoms. The molecule has 200 valence electrons. The fraction of sp³-hybridized carbons (Fsp3) is 0.276. The third kappa shape index (κ3) is 4.95. The van der Waals surface area contributed by atoms with Gasteiger partial charge in [0.1, 0.15) is 5.00 Å². The van der Waals surface area contributed by atoms with E-state index in [1.54, 1.807) is 23.3 Å². The van der Waals surface area contributed by atoms with Crippen LogP contribution in [-0.2, 0) is 14.3 Å². The lowest BCUT2D eigenvalue weighted by Gasteiger charge is -2.17. The number of hydrogen-bond donors (Lipinski definition) is 1. The largest absolute Gasteiger partial charge is 0.461 e. The molecule has 10 heteroatoms. The summed E-state index contributed by atoms with van der Waals surface area (Å²) >= 11 is 1.13. The van der Waals surface area contributed by atoms with Gasteiger partial charge in [-0.3, -0.25) is 14.4 Å². The number of carbonyl (C=O) groups excluding carboxylic acids is 3. The van der Waals surface area contributed by atoms with E-state index >= 15 is 0 Å². The molecule has 9 nitrogen and oxygen atoms in total. The smallest absolute Gasteiger partial charge is 0.359 e. The number of aromatic nitrogens is 2. The fourth-order valence-electron chi connectivity index (χ4n) is 4.60. The number of hydrogen-bond acceptors (Lipinski definition) is 7. The number of anilines is 2. The van der Waals surface area contributed by atoms with Crippen molar-refractivity contribution in [3.63, 3.8) is 0 Å². The molecule has 39 heavy (non-hydrogen) atoms. The molecule has 2 aromatic heterocycles. The molecule has 2 aromatic carbocycles. The summed E-state index contributed by atoms with van der Waals surface area (Å²) in [6.45, 7) is 7.92. The van der Waals surface area contributed by atoms with Gasteiger partial charge in [-0.2, -0.15) is 9.78 Å². The van der Waals surface area contributed by atoms with E-state index in [1.165, 1.54) is 4.68 Å². The monoisotopic (exact) mass is 544 g/mol. The van der Waals surface area contributed by atoms with E-state index < -0.39 is 17.4 Å². The minimum absolute atomic E-state index is 0.0111. The highest BCUT2D eigenvalue weighted by Gasteiger charge is 2.36. The van der Waals surface area contributed by atoms with Gasteiger partial charge in [-0.05, 0) is 63.1 Å². The Morgan fingerprint density at radius 3 is 2.46 bits per heavy atom. The predicted molar refractivity (Wildman–Crippen MR) is 151 cm³/mol. The molecule has 0 bridgehead atoms. The average Bonchev–Trinajstić information content (AvgIpc) is 3.51. The lowest BCUT2D eigenvalue weighted by atomic mass is 10.1. The maximum absolute atomic E-state index is 13.7. The number of aryl methyl sites for hydroxylation is 3. The van der Waals surface area contributed by atoms with Gasteiger partial charge in [0, 0.05) is 29.4 Å². The number of esters is 1. The molecule has 1 aliphatic heterocycles. The molecule has 1 unspecified atom stereocenters. The molecule has 1 fully saturated rings. The molecule has 1 atom stereocenters. The number of thiophene rings is 1. The molecule has 4 aromatic rings. The van der Waals surface area contributed by atoms with Crippen LogP contribution in [0.3, 0.4) is 0 Å². The van der Waals surface area contributed by atoms with E-state index in [9.17, 15) is 19.2 Å². The minimum Gasteiger partial charge on any atom is -0.461 e. The zero-order valence-electron chi connectivity index (χ0n) is 22.1. The van der Waals surface area contributed by atoms with Crippen molar-refractivity contribution in [2.75, 3.05) is 23.4 Å². The zero-order valence-corrected chi connectivity index (χ0v) is 22.9. The van der Waals surface area contributed by atoms with Gasteiger partial charge in [0.25, 0.3) is 5.56 Å². The summed E-state index contributed by atoms with van der Waals surface area (Å²) in [5.41, 5.74) is 3.84. The van der Waals surface area contributed by atoms with E-state index in [-0.39, 0.29) is 42.5 Å². The topological polar surface area (TPSA) is 111 Å². The van der Waals surface area contributed by atoms with Crippen LogP contribution in [0.15, 0.2) is 52.6 Å². The molecule has 1 N–H and O–H groups in total. The maximum atomic E-state index is 13.7. The second-order valence-electron chi connectivity index (χ2n) is 9.64. The van der Waals surface area contributed by atoms with Crippen LogP contribution < -0.4 is 15.8 Å². The van der Waals surface area contributed by atoms with Gasteiger partial charge >= 0.3 is 5.97 Å². The highest BCUT2D eigenvalue weighted by molar-refractivity contribution is 7.16. The summed E-state index contributed by atoms with van der Waals surface area (Å²) in [7, 11) is 0. The van der Waals surface area contributed by atoms with Crippen molar-refractivity contribution in [2.24, 2.45) is 5.92 Å². The van der Waals surface area contributed by atoms with Crippen LogP contribution in [0.5, 0.6) is 0 Å². The summed E-state index contributed by atoms with van der Waals surface area (Å²) in [5, 5.41) is 9.61. The Bertz CT molecular complexity index is 1670. The summed E-state index contributed by atoms with van der Waals surface area (Å²) in [6, 6.07) is 13.0. The Labute approximate surface area is 229 Å². The highest BCUT2D eigenvalue weighted by Crippen LogP contribution is 2.33. The number of rotatable bonds is 6. The number of ether oxygens (including phenoxy) is 1. The quantitative estimate of drug-likeness (QED) is 0.357. The second-order valence-corrected chi connectivity index (χ2v) is 10.5. The molecule has 5 rings (SSSR count). The van der Waals surface area contributed by atoms with Crippen LogP contribution in [0.2, 0.25) is 0 Å². The van der Waals surface area contributed by atoms with Crippen LogP contribution >= 0.6 is 11.3 Å². The number of nitrogens with one attached hydrogen (secondary N) is 1. The lowest BCUT2D eigenvalue weighted by Crippen LogP contribution is -2.29. The highest BCUT2D eigenvalue weighted by atomic mass is 32.1. The van der Waals surface area contributed by atoms with Crippen molar-refractivity contribution in [3.8, 4) is 5.69 Å². The van der Waals surface area contributed by atoms with Gasteiger partial charge in [0.05, 0.1) is 23.6 Å². The van der Waals surface area contributed by atoms with Gasteiger partial charge < -0.3 is 15.0 Å². The van der Waals surface area contributed by atoms with Crippen LogP contribution in [0.4, 0.5) is 10.7 Å². The SMILES string of the molecule is CCOC(=O)c1nn(-c2ccc(C)c(C)c2)c(=O)c2c(NC(=O)C3CC(=O)N(c4ccc(C)cc4)C3)scc12. The Balaban J connectivity index is 1.51. The average molecular weight is 545 g/mol. The van der Waals surface area contributed by atoms with Crippen molar-refractivity contribution in [2.45, 2.75) is 34.1 Å². The zero-order chi connectivity index (χ0) is 27.8. The van der Waals surface area contributed by atoms with Crippen LogP contribution in [0.25, 0.3) is 16.5 Å². The first-order valence-corrected chi connectivity index (χ1v) is 13.5. The Morgan fingerprint density at radius 2 is 1.77 bits per heavy atom. The number of carbonyl (C=O) groups is 3. The fourth-order valence-corrected chi connectivity index (χ4v) is 5.54. The number of fused-ring (bicyclic) bond motifs is 1. The van der Waals surface area contributed by atoms with E-state index in [0.29, 0.717) is 16.1 Å².